The minimum absolute atomic E-state index is 0.0255. The van der Waals surface area contributed by atoms with Gasteiger partial charge in [0.1, 0.15) is 0 Å². The molecule has 7 heteroatoms. The van der Waals surface area contributed by atoms with E-state index in [0.29, 0.717) is 9.33 Å². The quantitative estimate of drug-likeness (QED) is 0.468. The van der Waals surface area contributed by atoms with Gasteiger partial charge in [0.05, 0.1) is 21.2 Å². The van der Waals surface area contributed by atoms with Crippen molar-refractivity contribution < 1.29 is 4.92 Å². The van der Waals surface area contributed by atoms with Crippen molar-refractivity contribution in [3.8, 4) is 0 Å². The van der Waals surface area contributed by atoms with E-state index in [1.807, 2.05) is 30.3 Å². The van der Waals surface area contributed by atoms with Gasteiger partial charge in [-0.15, -0.1) is 0 Å². The van der Waals surface area contributed by atoms with Crippen LogP contribution in [0, 0.1) is 10.1 Å². The van der Waals surface area contributed by atoms with Crippen molar-refractivity contribution in [2.24, 2.45) is 4.99 Å². The predicted octanol–water partition coefficient (Wildman–Crippen LogP) is 3.86. The third-order valence-corrected chi connectivity index (χ3v) is 6.51. The smallest absolute Gasteiger partial charge is 0.271 e. The molecule has 2 heterocycles. The Morgan fingerprint density at radius 1 is 1.06 bits per heavy atom. The van der Waals surface area contributed by atoms with E-state index in [1.165, 1.54) is 23.5 Å². The summed E-state index contributed by atoms with van der Waals surface area (Å²) in [5.41, 5.74) is 3.76. The molecule has 2 aliphatic rings. The molecule has 0 radical (unpaired) electrons. The highest BCUT2D eigenvalue weighted by Crippen LogP contribution is 2.34. The third-order valence-electron chi connectivity index (χ3n) is 5.53. The molecule has 2 aromatic carbocycles. The van der Waals surface area contributed by atoms with Crippen LogP contribution in [0.3, 0.4) is 0 Å². The SMILES string of the molecule is O=c1/c(=C\c2ccc([N+](=O)[O-])cc2)sc2n1C(c1ccccc1)C1=CCCCC=C1N=2. The lowest BCUT2D eigenvalue weighted by atomic mass is 9.94. The number of aromatic nitrogens is 1. The summed E-state index contributed by atoms with van der Waals surface area (Å²) in [4.78, 5) is 29.4. The first-order chi connectivity index (χ1) is 15.1. The zero-order valence-corrected chi connectivity index (χ0v) is 17.4. The lowest BCUT2D eigenvalue weighted by Crippen LogP contribution is -2.38. The average molecular weight is 430 g/mol. The molecule has 0 bridgehead atoms. The Morgan fingerprint density at radius 2 is 1.81 bits per heavy atom. The van der Waals surface area contributed by atoms with E-state index in [1.54, 1.807) is 22.8 Å². The molecule has 0 saturated carbocycles. The maximum Gasteiger partial charge on any atom is 0.271 e. The molecule has 0 fully saturated rings. The number of nitro benzene ring substituents is 1. The third kappa shape index (κ3) is 3.57. The molecule has 0 N–H and O–H groups in total. The summed E-state index contributed by atoms with van der Waals surface area (Å²) < 4.78 is 2.34. The highest BCUT2D eigenvalue weighted by molar-refractivity contribution is 7.07. The van der Waals surface area contributed by atoms with Gasteiger partial charge < -0.3 is 0 Å². The standard InChI is InChI=1S/C24H19N3O3S/c28-23-21(15-16-11-13-18(14-12-16)27(29)30)31-24-25-20-10-6-2-5-9-19(20)22(26(23)24)17-7-3-1-4-8-17/h1,3-4,7-15,22H,2,5-6H2/b21-15+. The monoisotopic (exact) mass is 429 g/mol. The van der Waals surface area contributed by atoms with Crippen LogP contribution in [0.5, 0.6) is 0 Å². The Hall–Kier alpha value is -3.58. The van der Waals surface area contributed by atoms with Crippen molar-refractivity contribution in [2.75, 3.05) is 0 Å². The van der Waals surface area contributed by atoms with Gasteiger partial charge in [-0.05, 0) is 48.6 Å². The van der Waals surface area contributed by atoms with Crippen molar-refractivity contribution in [1.82, 2.24) is 4.57 Å². The number of fused-ring (bicyclic) bond motifs is 2. The molecule has 1 unspecified atom stereocenters. The Morgan fingerprint density at radius 3 is 2.55 bits per heavy atom. The highest BCUT2D eigenvalue weighted by Gasteiger charge is 2.29. The van der Waals surface area contributed by atoms with Crippen LogP contribution in [0.4, 0.5) is 5.69 Å². The fourth-order valence-corrected chi connectivity index (χ4v) is 5.05. The van der Waals surface area contributed by atoms with Gasteiger partial charge in [-0.25, -0.2) is 4.99 Å². The lowest BCUT2D eigenvalue weighted by Gasteiger charge is -2.25. The number of rotatable bonds is 3. The van der Waals surface area contributed by atoms with Gasteiger partial charge in [0.2, 0.25) is 0 Å². The molecule has 1 aliphatic carbocycles. The summed E-state index contributed by atoms with van der Waals surface area (Å²) in [6.07, 6.45) is 9.17. The normalized spacial score (nSPS) is 18.2. The topological polar surface area (TPSA) is 77.5 Å². The van der Waals surface area contributed by atoms with E-state index in [-0.39, 0.29) is 17.3 Å². The average Bonchev–Trinajstić information content (AvgIpc) is 2.94. The van der Waals surface area contributed by atoms with Crippen molar-refractivity contribution in [1.29, 1.82) is 0 Å². The molecular weight excluding hydrogens is 410 g/mol. The first kappa shape index (κ1) is 19.4. The van der Waals surface area contributed by atoms with E-state index in [2.05, 4.69) is 12.2 Å². The minimum Gasteiger partial charge on any atom is -0.271 e. The van der Waals surface area contributed by atoms with Crippen LogP contribution in [0.2, 0.25) is 0 Å². The molecule has 6 nitrogen and oxygen atoms in total. The maximum atomic E-state index is 13.5. The van der Waals surface area contributed by atoms with E-state index >= 15 is 0 Å². The minimum atomic E-state index is -0.433. The summed E-state index contributed by atoms with van der Waals surface area (Å²) in [5, 5.41) is 10.9. The number of nitrogens with zero attached hydrogens (tertiary/aromatic N) is 3. The van der Waals surface area contributed by atoms with Crippen LogP contribution < -0.4 is 14.9 Å². The number of hydrogen-bond acceptors (Lipinski definition) is 5. The zero-order valence-electron chi connectivity index (χ0n) is 16.6. The second kappa shape index (κ2) is 7.92. The lowest BCUT2D eigenvalue weighted by molar-refractivity contribution is -0.384. The zero-order chi connectivity index (χ0) is 21.4. The molecular formula is C24H19N3O3S. The van der Waals surface area contributed by atoms with Gasteiger partial charge >= 0.3 is 0 Å². The first-order valence-corrected chi connectivity index (χ1v) is 11.0. The molecule has 0 amide bonds. The van der Waals surface area contributed by atoms with E-state index < -0.39 is 4.92 Å². The molecule has 3 aromatic rings. The van der Waals surface area contributed by atoms with Crippen LogP contribution in [0.25, 0.3) is 6.08 Å². The first-order valence-electron chi connectivity index (χ1n) is 10.1. The van der Waals surface area contributed by atoms with Crippen LogP contribution >= 0.6 is 11.3 Å². The molecule has 1 aromatic heterocycles. The molecule has 31 heavy (non-hydrogen) atoms. The maximum absolute atomic E-state index is 13.5. The number of non-ortho nitro benzene ring substituents is 1. The van der Waals surface area contributed by atoms with Crippen LogP contribution in [-0.2, 0) is 0 Å². The summed E-state index contributed by atoms with van der Waals surface area (Å²) in [6, 6.07) is 16.0. The number of allylic oxidation sites excluding steroid dienone is 3. The Balaban J connectivity index is 1.71. The van der Waals surface area contributed by atoms with Crippen LogP contribution in [0.15, 0.2) is 87.8 Å². The van der Waals surface area contributed by atoms with Gasteiger partial charge in [-0.2, -0.15) is 0 Å². The highest BCUT2D eigenvalue weighted by atomic mass is 32.1. The number of nitro groups is 1. The van der Waals surface area contributed by atoms with Gasteiger partial charge in [-0.1, -0.05) is 53.8 Å². The fraction of sp³-hybridized carbons (Fsp3) is 0.167. The Labute approximate surface area is 182 Å². The number of hydrogen-bond donors (Lipinski definition) is 0. The molecule has 0 saturated heterocycles. The van der Waals surface area contributed by atoms with Crippen molar-refractivity contribution in [3.63, 3.8) is 0 Å². The van der Waals surface area contributed by atoms with Gasteiger partial charge in [0, 0.05) is 17.7 Å². The summed E-state index contributed by atoms with van der Waals surface area (Å²) >= 11 is 1.35. The second-order valence-corrected chi connectivity index (χ2v) is 8.53. The van der Waals surface area contributed by atoms with Crippen LogP contribution in [0.1, 0.15) is 36.4 Å². The number of thiazole rings is 1. The summed E-state index contributed by atoms with van der Waals surface area (Å²) in [5.74, 6) is 0. The summed E-state index contributed by atoms with van der Waals surface area (Å²) in [6.45, 7) is 0. The van der Waals surface area contributed by atoms with Crippen molar-refractivity contribution in [3.05, 3.63) is 119 Å². The van der Waals surface area contributed by atoms with Gasteiger partial charge in [-0.3, -0.25) is 19.5 Å². The van der Waals surface area contributed by atoms with Crippen LogP contribution in [-0.4, -0.2) is 9.49 Å². The fourth-order valence-electron chi connectivity index (χ4n) is 4.04. The van der Waals surface area contributed by atoms with Crippen molar-refractivity contribution in [2.45, 2.75) is 25.3 Å². The predicted molar refractivity (Wildman–Crippen MR) is 121 cm³/mol. The summed E-state index contributed by atoms with van der Waals surface area (Å²) in [7, 11) is 0. The van der Waals surface area contributed by atoms with E-state index in [4.69, 9.17) is 4.99 Å². The van der Waals surface area contributed by atoms with Gasteiger partial charge in [0.15, 0.2) is 4.80 Å². The molecule has 1 atom stereocenters. The van der Waals surface area contributed by atoms with E-state index in [9.17, 15) is 14.9 Å². The molecule has 1 aliphatic heterocycles. The second-order valence-electron chi connectivity index (χ2n) is 7.52. The molecule has 154 valence electrons. The Bertz CT molecular complexity index is 1400. The van der Waals surface area contributed by atoms with Crippen molar-refractivity contribution >= 4 is 23.1 Å². The number of benzene rings is 2. The van der Waals surface area contributed by atoms with E-state index in [0.717, 1.165) is 41.7 Å². The largest absolute Gasteiger partial charge is 0.271 e. The molecule has 5 rings (SSSR count). The van der Waals surface area contributed by atoms with Gasteiger partial charge in [0.25, 0.3) is 11.2 Å². The molecule has 0 spiro atoms. The Kier molecular flexibility index (Phi) is 4.95.